The van der Waals surface area contributed by atoms with Crippen LogP contribution in [0.15, 0.2) is 17.2 Å². The first-order valence-electron chi connectivity index (χ1n) is 6.68. The minimum Gasteiger partial charge on any atom is -0.461 e. The van der Waals surface area contributed by atoms with Crippen molar-refractivity contribution in [2.24, 2.45) is 5.92 Å². The van der Waals surface area contributed by atoms with Crippen LogP contribution in [0.3, 0.4) is 0 Å². The van der Waals surface area contributed by atoms with Crippen LogP contribution in [0.4, 0.5) is 0 Å². The van der Waals surface area contributed by atoms with E-state index in [2.05, 4.69) is 18.8 Å². The van der Waals surface area contributed by atoms with Gasteiger partial charge in [-0.1, -0.05) is 33.1 Å². The fourth-order valence-electron chi connectivity index (χ4n) is 1.80. The number of H-pyrrole nitrogens is 1. The zero-order valence-corrected chi connectivity index (χ0v) is 13.3. The lowest BCUT2D eigenvalue weighted by molar-refractivity contribution is 0.0422. The van der Waals surface area contributed by atoms with Gasteiger partial charge in [-0.3, -0.25) is 0 Å². The number of carbonyl (C=O) groups excluding carboxylic acids is 1. The van der Waals surface area contributed by atoms with Crippen molar-refractivity contribution in [1.29, 1.82) is 0 Å². The number of nitrogens with one attached hydrogen (secondary N) is 1. The number of rotatable bonds is 8. The summed E-state index contributed by atoms with van der Waals surface area (Å²) in [5.74, 6) is -0.225. The summed E-state index contributed by atoms with van der Waals surface area (Å²) in [6.07, 6.45) is 5.35. The second-order valence-electron chi connectivity index (χ2n) is 4.70. The summed E-state index contributed by atoms with van der Waals surface area (Å²) in [7, 11) is 1.35. The van der Waals surface area contributed by atoms with Crippen molar-refractivity contribution in [3.63, 3.8) is 0 Å². The molecule has 0 aliphatic heterocycles. The van der Waals surface area contributed by atoms with Gasteiger partial charge in [0.25, 0.3) is 9.05 Å². The highest BCUT2D eigenvalue weighted by atomic mass is 35.7. The van der Waals surface area contributed by atoms with Crippen molar-refractivity contribution >= 4 is 25.7 Å². The molecule has 0 bridgehead atoms. The molecule has 1 heterocycles. The maximum Gasteiger partial charge on any atom is 0.354 e. The minimum atomic E-state index is -3.83. The van der Waals surface area contributed by atoms with Gasteiger partial charge in [-0.25, -0.2) is 13.2 Å². The molecule has 1 rings (SSSR count). The second kappa shape index (κ2) is 7.69. The first kappa shape index (κ1) is 17.0. The van der Waals surface area contributed by atoms with E-state index in [-0.39, 0.29) is 10.6 Å². The number of aromatic nitrogens is 1. The summed E-state index contributed by atoms with van der Waals surface area (Å²) in [6.45, 7) is 4.52. The summed E-state index contributed by atoms with van der Waals surface area (Å²) < 4.78 is 27.4. The topological polar surface area (TPSA) is 76.2 Å². The molecule has 0 saturated carbocycles. The molecule has 0 amide bonds. The number of esters is 1. The Hall–Kier alpha value is -1.01. The van der Waals surface area contributed by atoms with Crippen molar-refractivity contribution in [2.45, 2.75) is 44.4 Å². The van der Waals surface area contributed by atoms with Crippen molar-refractivity contribution < 1.29 is 17.9 Å². The summed E-state index contributed by atoms with van der Waals surface area (Å²) in [4.78, 5) is 14.2. The van der Waals surface area contributed by atoms with Crippen LogP contribution in [0.1, 0.15) is 50.0 Å². The van der Waals surface area contributed by atoms with E-state index in [9.17, 15) is 13.2 Å². The Kier molecular flexibility index (Phi) is 6.55. The molecule has 1 atom stereocenters. The average Bonchev–Trinajstić information content (AvgIpc) is 2.88. The van der Waals surface area contributed by atoms with Crippen LogP contribution in [-0.4, -0.2) is 26.0 Å². The lowest BCUT2D eigenvalue weighted by Crippen LogP contribution is -2.14. The molecule has 20 heavy (non-hydrogen) atoms. The van der Waals surface area contributed by atoms with Crippen molar-refractivity contribution in [1.82, 2.24) is 4.98 Å². The molecule has 114 valence electrons. The molecule has 1 aromatic rings. The van der Waals surface area contributed by atoms with Gasteiger partial charge in [0.05, 0.1) is 6.61 Å². The SMILES string of the molecule is CCCCC(CC)COC(=O)c1cc(S(=O)(=O)Cl)c[nH]1. The maximum absolute atomic E-state index is 11.8. The molecule has 0 saturated heterocycles. The number of aromatic amines is 1. The highest BCUT2D eigenvalue weighted by molar-refractivity contribution is 8.13. The van der Waals surface area contributed by atoms with Gasteiger partial charge in [0.1, 0.15) is 10.6 Å². The highest BCUT2D eigenvalue weighted by Gasteiger charge is 2.18. The Morgan fingerprint density at radius 2 is 2.15 bits per heavy atom. The van der Waals surface area contributed by atoms with Gasteiger partial charge in [0, 0.05) is 16.9 Å². The molecule has 1 unspecified atom stereocenters. The molecule has 0 radical (unpaired) electrons. The normalized spacial score (nSPS) is 13.2. The number of unbranched alkanes of at least 4 members (excludes halogenated alkanes) is 1. The molecule has 0 aliphatic rings. The van der Waals surface area contributed by atoms with Crippen LogP contribution >= 0.6 is 10.7 Å². The Morgan fingerprint density at radius 3 is 2.65 bits per heavy atom. The summed E-state index contributed by atoms with van der Waals surface area (Å²) in [5, 5.41) is 0. The smallest absolute Gasteiger partial charge is 0.354 e. The van der Waals surface area contributed by atoms with E-state index in [1.54, 1.807) is 0 Å². The molecular weight excluding hydrogens is 302 g/mol. The number of ether oxygens (including phenoxy) is 1. The van der Waals surface area contributed by atoms with Crippen LogP contribution in [-0.2, 0) is 13.8 Å². The summed E-state index contributed by atoms with van der Waals surface area (Å²) in [6, 6.07) is 1.18. The van der Waals surface area contributed by atoms with Crippen molar-refractivity contribution in [3.8, 4) is 0 Å². The van der Waals surface area contributed by atoms with Gasteiger partial charge < -0.3 is 9.72 Å². The van der Waals surface area contributed by atoms with Crippen LogP contribution in [0.5, 0.6) is 0 Å². The molecule has 0 aromatic carbocycles. The van der Waals surface area contributed by atoms with E-state index in [4.69, 9.17) is 15.4 Å². The predicted molar refractivity (Wildman–Crippen MR) is 77.4 cm³/mol. The highest BCUT2D eigenvalue weighted by Crippen LogP contribution is 2.17. The van der Waals surface area contributed by atoms with Gasteiger partial charge in [-0.2, -0.15) is 0 Å². The predicted octanol–water partition coefficient (Wildman–Crippen LogP) is 3.32. The Morgan fingerprint density at radius 1 is 1.45 bits per heavy atom. The summed E-state index contributed by atoms with van der Waals surface area (Å²) >= 11 is 0. The third kappa shape index (κ3) is 5.17. The monoisotopic (exact) mass is 321 g/mol. The molecular formula is C13H20ClNO4S. The number of carbonyl (C=O) groups is 1. The molecule has 1 N–H and O–H groups in total. The van der Waals surface area contributed by atoms with Crippen LogP contribution in [0.25, 0.3) is 0 Å². The molecule has 0 fully saturated rings. The van der Waals surface area contributed by atoms with Crippen molar-refractivity contribution in [2.75, 3.05) is 6.61 Å². The molecule has 0 aliphatic carbocycles. The van der Waals surface area contributed by atoms with Crippen LogP contribution < -0.4 is 0 Å². The number of halogens is 1. The van der Waals surface area contributed by atoms with Gasteiger partial charge >= 0.3 is 5.97 Å². The Labute approximate surface area is 124 Å². The van der Waals surface area contributed by atoms with Crippen LogP contribution in [0, 0.1) is 5.92 Å². The molecule has 0 spiro atoms. The lowest BCUT2D eigenvalue weighted by atomic mass is 10.0. The Balaban J connectivity index is 2.56. The van der Waals surface area contributed by atoms with E-state index in [1.165, 1.54) is 12.3 Å². The van der Waals surface area contributed by atoms with E-state index in [1.807, 2.05) is 0 Å². The zero-order chi connectivity index (χ0) is 15.2. The first-order chi connectivity index (χ1) is 9.38. The fourth-order valence-corrected chi connectivity index (χ4v) is 2.53. The summed E-state index contributed by atoms with van der Waals surface area (Å²) in [5.41, 5.74) is 0.0922. The number of hydrogen-bond acceptors (Lipinski definition) is 4. The largest absolute Gasteiger partial charge is 0.461 e. The van der Waals surface area contributed by atoms with Crippen molar-refractivity contribution in [3.05, 3.63) is 18.0 Å². The molecule has 7 heteroatoms. The molecule has 5 nitrogen and oxygen atoms in total. The standard InChI is InChI=1S/C13H20ClNO4S/c1-3-5-6-10(4-2)9-19-13(16)12-7-11(8-15-12)20(14,17)18/h7-8,10,15H,3-6,9H2,1-2H3. The Bertz CT molecular complexity index is 538. The quantitative estimate of drug-likeness (QED) is 0.588. The fraction of sp³-hybridized carbons (Fsp3) is 0.615. The van der Waals surface area contributed by atoms with E-state index in [0.717, 1.165) is 25.7 Å². The van der Waals surface area contributed by atoms with Crippen LogP contribution in [0.2, 0.25) is 0 Å². The van der Waals surface area contributed by atoms with Gasteiger partial charge in [-0.05, 0) is 18.4 Å². The lowest BCUT2D eigenvalue weighted by Gasteiger charge is -2.14. The zero-order valence-electron chi connectivity index (χ0n) is 11.7. The average molecular weight is 322 g/mol. The van der Waals surface area contributed by atoms with Gasteiger partial charge in [0.15, 0.2) is 0 Å². The number of hydrogen-bond donors (Lipinski definition) is 1. The van der Waals surface area contributed by atoms with E-state index < -0.39 is 15.0 Å². The second-order valence-corrected chi connectivity index (χ2v) is 7.27. The first-order valence-corrected chi connectivity index (χ1v) is 8.99. The van der Waals surface area contributed by atoms with Gasteiger partial charge in [0.2, 0.25) is 0 Å². The minimum absolute atomic E-state index is 0.0922. The maximum atomic E-state index is 11.8. The third-order valence-electron chi connectivity index (χ3n) is 3.15. The van der Waals surface area contributed by atoms with E-state index in [0.29, 0.717) is 12.5 Å². The molecule has 1 aromatic heterocycles. The van der Waals surface area contributed by atoms with E-state index >= 15 is 0 Å². The van der Waals surface area contributed by atoms with Gasteiger partial charge in [-0.15, -0.1) is 0 Å². The third-order valence-corrected chi connectivity index (χ3v) is 4.48.